The van der Waals surface area contributed by atoms with E-state index in [1.54, 1.807) is 6.21 Å². The van der Waals surface area contributed by atoms with Gasteiger partial charge in [0.15, 0.2) is 11.6 Å². The van der Waals surface area contributed by atoms with Gasteiger partial charge in [-0.3, -0.25) is 0 Å². The van der Waals surface area contributed by atoms with E-state index in [1.807, 2.05) is 20.8 Å². The molecule has 3 rings (SSSR count). The summed E-state index contributed by atoms with van der Waals surface area (Å²) in [6.07, 6.45) is 3.54. The predicted molar refractivity (Wildman–Crippen MR) is 82.6 cm³/mol. The Morgan fingerprint density at radius 1 is 1.32 bits per heavy atom. The van der Waals surface area contributed by atoms with Crippen LogP contribution in [0.25, 0.3) is 0 Å². The Labute approximate surface area is 132 Å². The number of halogens is 2. The van der Waals surface area contributed by atoms with E-state index in [0.717, 1.165) is 18.9 Å². The van der Waals surface area contributed by atoms with Crippen LogP contribution in [-0.2, 0) is 11.4 Å². The highest BCUT2D eigenvalue weighted by Gasteiger charge is 2.53. The van der Waals surface area contributed by atoms with Crippen LogP contribution < -0.4 is 4.74 Å². The fourth-order valence-electron chi connectivity index (χ4n) is 2.68. The van der Waals surface area contributed by atoms with Crippen molar-refractivity contribution in [1.82, 2.24) is 0 Å². The molecule has 3 nitrogen and oxygen atoms in total. The molecule has 0 amide bonds. The van der Waals surface area contributed by atoms with Crippen LogP contribution in [0.3, 0.4) is 0 Å². The van der Waals surface area contributed by atoms with Crippen LogP contribution >= 0.6 is 0 Å². The van der Waals surface area contributed by atoms with Crippen LogP contribution in [0, 0.1) is 17.0 Å². The second-order valence-electron chi connectivity index (χ2n) is 7.05. The second-order valence-corrected chi connectivity index (χ2v) is 8.98. The normalized spacial score (nSPS) is 24.2. The van der Waals surface area contributed by atoms with Gasteiger partial charge in [0.1, 0.15) is 21.9 Å². The van der Waals surface area contributed by atoms with Crippen molar-refractivity contribution in [3.05, 3.63) is 29.3 Å². The van der Waals surface area contributed by atoms with Crippen LogP contribution in [0.15, 0.2) is 16.5 Å². The molecule has 1 aromatic carbocycles. The fraction of sp³-hybridized carbons (Fsp3) is 0.562. The van der Waals surface area contributed by atoms with Crippen molar-refractivity contribution in [1.29, 1.82) is 0 Å². The minimum absolute atomic E-state index is 0.108. The molecule has 1 aliphatic carbocycles. The maximum Gasteiger partial charge on any atom is 0.162 e. The molecule has 0 saturated heterocycles. The summed E-state index contributed by atoms with van der Waals surface area (Å²) in [6, 6.07) is 2.27. The highest BCUT2D eigenvalue weighted by atomic mass is 32.2. The Bertz CT molecular complexity index is 623. The average molecular weight is 327 g/mol. The number of fused-ring (bicyclic) bond motifs is 1. The minimum atomic E-state index is -1.37. The van der Waals surface area contributed by atoms with E-state index in [9.17, 15) is 13.3 Å². The van der Waals surface area contributed by atoms with E-state index in [2.05, 4.69) is 4.40 Å². The van der Waals surface area contributed by atoms with Gasteiger partial charge in [0.05, 0.1) is 12.8 Å². The van der Waals surface area contributed by atoms with Crippen molar-refractivity contribution in [2.24, 2.45) is 9.81 Å². The molecule has 0 N–H and O–H groups in total. The summed E-state index contributed by atoms with van der Waals surface area (Å²) in [5.74, 6) is -1.64. The maximum absolute atomic E-state index is 13.6. The van der Waals surface area contributed by atoms with E-state index < -0.39 is 27.7 Å². The molecule has 22 heavy (non-hydrogen) atoms. The van der Waals surface area contributed by atoms with Gasteiger partial charge in [0.2, 0.25) is 0 Å². The lowest BCUT2D eigenvalue weighted by Gasteiger charge is -2.31. The number of nitrogens with zero attached hydrogens (tertiary/aromatic N) is 1. The second kappa shape index (κ2) is 5.20. The highest BCUT2D eigenvalue weighted by molar-refractivity contribution is 7.91. The van der Waals surface area contributed by atoms with Crippen molar-refractivity contribution in [3.8, 4) is 5.75 Å². The zero-order valence-corrected chi connectivity index (χ0v) is 13.7. The lowest BCUT2D eigenvalue weighted by molar-refractivity contribution is 0.197. The van der Waals surface area contributed by atoms with Gasteiger partial charge in [0, 0.05) is 23.0 Å². The van der Waals surface area contributed by atoms with Crippen molar-refractivity contribution in [3.63, 3.8) is 0 Å². The van der Waals surface area contributed by atoms with Crippen LogP contribution in [0.5, 0.6) is 5.75 Å². The molecule has 0 bridgehead atoms. The number of rotatable bonds is 2. The summed E-state index contributed by atoms with van der Waals surface area (Å²) in [7, 11) is 0. The summed E-state index contributed by atoms with van der Waals surface area (Å²) >= 11 is -1.37. The third-order valence-corrected chi connectivity index (χ3v) is 5.65. The average Bonchev–Trinajstić information content (AvgIpc) is 3.19. The first kappa shape index (κ1) is 15.7. The number of ether oxygens (including phenoxy) is 1. The molecule has 1 unspecified atom stereocenters. The molecule has 1 saturated carbocycles. The van der Waals surface area contributed by atoms with Crippen LogP contribution in [0.2, 0.25) is 0 Å². The molecule has 120 valence electrons. The first-order valence-electron chi connectivity index (χ1n) is 7.31. The lowest BCUT2D eigenvalue weighted by Crippen LogP contribution is -2.30. The molecule has 2 aliphatic rings. The molecule has 1 aromatic rings. The molecule has 1 aliphatic heterocycles. The summed E-state index contributed by atoms with van der Waals surface area (Å²) in [5.41, 5.74) is 0.486. The molecule has 0 aromatic heterocycles. The largest absolute Gasteiger partial charge is 0.591 e. The van der Waals surface area contributed by atoms with Gasteiger partial charge in [-0.2, -0.15) is 0 Å². The Hall–Kier alpha value is -1.14. The monoisotopic (exact) mass is 327 g/mol. The first-order valence-corrected chi connectivity index (χ1v) is 8.42. The van der Waals surface area contributed by atoms with Gasteiger partial charge in [-0.05, 0) is 39.7 Å². The van der Waals surface area contributed by atoms with Gasteiger partial charge >= 0.3 is 0 Å². The highest BCUT2D eigenvalue weighted by Crippen LogP contribution is 2.59. The van der Waals surface area contributed by atoms with Crippen LogP contribution in [-0.4, -0.2) is 22.1 Å². The Kier molecular flexibility index (Phi) is 3.72. The van der Waals surface area contributed by atoms with Crippen molar-refractivity contribution in [2.45, 2.75) is 44.3 Å². The van der Waals surface area contributed by atoms with E-state index >= 15 is 0 Å². The topological polar surface area (TPSA) is 44.7 Å². The SMILES string of the molecule is CC(C)(C)[S@+]([O-])/N=C/C1c2cc(F)c(F)cc2OCC12CC2. The Morgan fingerprint density at radius 2 is 1.95 bits per heavy atom. The van der Waals surface area contributed by atoms with Crippen molar-refractivity contribution in [2.75, 3.05) is 6.61 Å². The van der Waals surface area contributed by atoms with E-state index in [1.165, 1.54) is 6.07 Å². The number of hydrogen-bond acceptors (Lipinski definition) is 3. The van der Waals surface area contributed by atoms with Crippen molar-refractivity contribution < 1.29 is 18.1 Å². The fourth-order valence-corrected chi connectivity index (χ4v) is 3.23. The van der Waals surface area contributed by atoms with E-state index in [4.69, 9.17) is 4.74 Å². The third-order valence-electron chi connectivity index (χ3n) is 4.28. The molecular formula is C16H19F2NO2S. The lowest BCUT2D eigenvalue weighted by atomic mass is 9.82. The third kappa shape index (κ3) is 2.74. The molecule has 6 heteroatoms. The standard InChI is InChI=1S/C16H19F2NO2S/c1-15(2,3)22(20)19-8-11-10-6-12(17)13(18)7-14(10)21-9-16(11)4-5-16/h6-8,11H,4-5,9H2,1-3H3/b19-8+/t11?,22-/m0/s1. The van der Waals surface area contributed by atoms with Gasteiger partial charge in [-0.25, -0.2) is 8.78 Å². The summed E-state index contributed by atoms with van der Waals surface area (Å²) in [4.78, 5) is 0. The first-order chi connectivity index (χ1) is 10.2. The van der Waals surface area contributed by atoms with Gasteiger partial charge in [-0.15, -0.1) is 0 Å². The Balaban J connectivity index is 1.96. The molecule has 0 radical (unpaired) electrons. The molecule has 2 atom stereocenters. The quantitative estimate of drug-likeness (QED) is 0.613. The summed E-state index contributed by atoms with van der Waals surface area (Å²) in [5, 5.41) is 0. The smallest absolute Gasteiger partial charge is 0.162 e. The van der Waals surface area contributed by atoms with E-state index in [0.29, 0.717) is 17.9 Å². The zero-order chi connectivity index (χ0) is 16.1. The summed E-state index contributed by atoms with van der Waals surface area (Å²) in [6.45, 7) is 6.00. The van der Waals surface area contributed by atoms with Crippen LogP contribution in [0.4, 0.5) is 8.78 Å². The van der Waals surface area contributed by atoms with Gasteiger partial charge in [-0.1, -0.05) is 4.40 Å². The van der Waals surface area contributed by atoms with Crippen LogP contribution in [0.1, 0.15) is 45.1 Å². The van der Waals surface area contributed by atoms with Gasteiger partial charge in [0.25, 0.3) is 0 Å². The predicted octanol–water partition coefficient (Wildman–Crippen LogP) is 3.75. The van der Waals surface area contributed by atoms with Gasteiger partial charge < -0.3 is 9.29 Å². The Morgan fingerprint density at radius 3 is 2.55 bits per heavy atom. The van der Waals surface area contributed by atoms with Crippen molar-refractivity contribution >= 4 is 17.6 Å². The van der Waals surface area contributed by atoms with E-state index in [-0.39, 0.29) is 11.3 Å². The maximum atomic E-state index is 13.6. The number of hydrogen-bond donors (Lipinski definition) is 0. The number of benzene rings is 1. The molecular weight excluding hydrogens is 308 g/mol. The molecule has 1 heterocycles. The zero-order valence-electron chi connectivity index (χ0n) is 12.9. The molecule has 1 spiro atoms. The minimum Gasteiger partial charge on any atom is -0.591 e. The summed E-state index contributed by atoms with van der Waals surface area (Å²) < 4.78 is 48.4. The molecule has 1 fully saturated rings.